The van der Waals surface area contributed by atoms with Gasteiger partial charge in [-0.25, -0.2) is 4.79 Å². The van der Waals surface area contributed by atoms with E-state index in [1.165, 1.54) is 0 Å². The molecule has 38 heavy (non-hydrogen) atoms. The summed E-state index contributed by atoms with van der Waals surface area (Å²) in [5, 5.41) is 0. The monoisotopic (exact) mass is 514 g/mol. The summed E-state index contributed by atoms with van der Waals surface area (Å²) in [6.45, 7) is 15.9. The van der Waals surface area contributed by atoms with Crippen molar-refractivity contribution in [1.82, 2.24) is 0 Å². The molecule has 5 nitrogen and oxygen atoms in total. The van der Waals surface area contributed by atoms with Crippen LogP contribution in [0.4, 0.5) is 4.79 Å². The second kappa shape index (κ2) is 10.0. The fourth-order valence-electron chi connectivity index (χ4n) is 5.71. The molecule has 5 heteroatoms. The largest absolute Gasteiger partial charge is 0.518 e. The third kappa shape index (κ3) is 5.82. The molecule has 0 bridgehead atoms. The summed E-state index contributed by atoms with van der Waals surface area (Å²) in [4.78, 5) is 39.9. The number of aryl methyl sites for hydroxylation is 4. The number of ketones is 2. The standard InChI is InChI=1S/C33H38O5/c1-19-9-11-23(21(3)13-19)29-25(34)15-32(5,6)17-27(29)37-31(36)38-28-18-33(7,8)16-26(35)30(28)24-12-10-20(2)14-22(24)4/h9-14H,15-18H2,1-8H3. The highest BCUT2D eigenvalue weighted by Gasteiger charge is 2.39. The predicted molar refractivity (Wildman–Crippen MR) is 149 cm³/mol. The normalized spacial score (nSPS) is 19.1. The molecule has 2 aliphatic rings. The van der Waals surface area contributed by atoms with E-state index in [4.69, 9.17) is 9.47 Å². The summed E-state index contributed by atoms with van der Waals surface area (Å²) in [6.07, 6.45) is 0.647. The minimum Gasteiger partial charge on any atom is -0.398 e. The summed E-state index contributed by atoms with van der Waals surface area (Å²) in [5.41, 5.74) is 5.75. The van der Waals surface area contributed by atoms with Gasteiger partial charge in [0.1, 0.15) is 11.5 Å². The molecule has 0 radical (unpaired) electrons. The van der Waals surface area contributed by atoms with Crippen LogP contribution in [0.2, 0.25) is 0 Å². The molecule has 0 amide bonds. The van der Waals surface area contributed by atoms with Gasteiger partial charge in [-0.05, 0) is 60.8 Å². The van der Waals surface area contributed by atoms with E-state index in [0.29, 0.717) is 48.3 Å². The summed E-state index contributed by atoms with van der Waals surface area (Å²) in [5.74, 6) is 0.525. The lowest BCUT2D eigenvalue weighted by Gasteiger charge is -2.33. The van der Waals surface area contributed by atoms with Crippen LogP contribution in [0, 0.1) is 38.5 Å². The van der Waals surface area contributed by atoms with Crippen molar-refractivity contribution in [2.45, 2.75) is 81.1 Å². The average molecular weight is 515 g/mol. The van der Waals surface area contributed by atoms with Gasteiger partial charge in [0.05, 0.1) is 11.1 Å². The summed E-state index contributed by atoms with van der Waals surface area (Å²) in [7, 11) is 0. The molecule has 0 atom stereocenters. The van der Waals surface area contributed by atoms with Crippen LogP contribution in [0.3, 0.4) is 0 Å². The van der Waals surface area contributed by atoms with Gasteiger partial charge >= 0.3 is 6.16 Å². The van der Waals surface area contributed by atoms with Crippen LogP contribution in [0.1, 0.15) is 86.8 Å². The van der Waals surface area contributed by atoms with Crippen LogP contribution in [0.25, 0.3) is 11.1 Å². The van der Waals surface area contributed by atoms with Gasteiger partial charge in [0.2, 0.25) is 0 Å². The molecule has 200 valence electrons. The van der Waals surface area contributed by atoms with Crippen LogP contribution in [0.5, 0.6) is 0 Å². The third-order valence-electron chi connectivity index (χ3n) is 7.39. The minimum atomic E-state index is -0.921. The zero-order valence-corrected chi connectivity index (χ0v) is 23.8. The molecule has 0 aromatic heterocycles. The molecule has 2 aromatic carbocycles. The second-order valence-corrected chi connectivity index (χ2v) is 12.6. The number of ether oxygens (including phenoxy) is 2. The Morgan fingerprint density at radius 2 is 1.00 bits per heavy atom. The number of benzene rings is 2. The van der Waals surface area contributed by atoms with Gasteiger partial charge in [0.15, 0.2) is 11.6 Å². The van der Waals surface area contributed by atoms with Crippen molar-refractivity contribution < 1.29 is 23.9 Å². The number of allylic oxidation sites excluding steroid dienone is 4. The third-order valence-corrected chi connectivity index (χ3v) is 7.39. The highest BCUT2D eigenvalue weighted by Crippen LogP contribution is 2.44. The zero-order valence-electron chi connectivity index (χ0n) is 23.8. The van der Waals surface area contributed by atoms with E-state index in [9.17, 15) is 14.4 Å². The molecule has 0 aliphatic heterocycles. The van der Waals surface area contributed by atoms with E-state index in [2.05, 4.69) is 0 Å². The van der Waals surface area contributed by atoms with Gasteiger partial charge in [-0.2, -0.15) is 0 Å². The van der Waals surface area contributed by atoms with E-state index in [1.54, 1.807) is 0 Å². The van der Waals surface area contributed by atoms with Crippen molar-refractivity contribution >= 4 is 28.9 Å². The molecule has 0 saturated carbocycles. The fourth-order valence-corrected chi connectivity index (χ4v) is 5.71. The number of Topliss-reactive ketones (excluding diaryl/α,β-unsaturated/α-hetero) is 2. The molecule has 0 spiro atoms. The summed E-state index contributed by atoms with van der Waals surface area (Å²) >= 11 is 0. The van der Waals surface area contributed by atoms with Crippen LogP contribution >= 0.6 is 0 Å². The highest BCUT2D eigenvalue weighted by molar-refractivity contribution is 6.23. The van der Waals surface area contributed by atoms with Crippen molar-refractivity contribution in [2.75, 3.05) is 0 Å². The Morgan fingerprint density at radius 1 is 0.632 bits per heavy atom. The smallest absolute Gasteiger partial charge is 0.398 e. The molecule has 0 fully saturated rings. The van der Waals surface area contributed by atoms with Gasteiger partial charge in [-0.1, -0.05) is 75.2 Å². The molecule has 2 aromatic rings. The number of carbonyl (C=O) groups excluding carboxylic acids is 3. The summed E-state index contributed by atoms with van der Waals surface area (Å²) < 4.78 is 11.7. The first-order valence-corrected chi connectivity index (χ1v) is 13.2. The molecule has 0 unspecified atom stereocenters. The Hall–Kier alpha value is -3.47. The Balaban J connectivity index is 1.75. The van der Waals surface area contributed by atoms with Gasteiger partial charge in [-0.15, -0.1) is 0 Å². The fraction of sp³-hybridized carbons (Fsp3) is 0.424. The van der Waals surface area contributed by atoms with Crippen LogP contribution in [0.15, 0.2) is 47.9 Å². The lowest BCUT2D eigenvalue weighted by Crippen LogP contribution is -2.29. The lowest BCUT2D eigenvalue weighted by molar-refractivity contribution is -0.117. The van der Waals surface area contributed by atoms with E-state index in [-0.39, 0.29) is 22.4 Å². The lowest BCUT2D eigenvalue weighted by atomic mass is 9.74. The molecule has 4 rings (SSSR count). The van der Waals surface area contributed by atoms with Gasteiger partial charge in [0.25, 0.3) is 0 Å². The molecule has 0 N–H and O–H groups in total. The van der Waals surface area contributed by atoms with E-state index < -0.39 is 6.16 Å². The maximum absolute atomic E-state index is 13.3. The topological polar surface area (TPSA) is 69.7 Å². The number of carbonyl (C=O) groups is 3. The van der Waals surface area contributed by atoms with Crippen LogP contribution < -0.4 is 0 Å². The first-order valence-electron chi connectivity index (χ1n) is 13.2. The summed E-state index contributed by atoms with van der Waals surface area (Å²) in [6, 6.07) is 11.8. The van der Waals surface area contributed by atoms with Crippen molar-refractivity contribution in [3.63, 3.8) is 0 Å². The van der Waals surface area contributed by atoms with E-state index >= 15 is 0 Å². The van der Waals surface area contributed by atoms with Crippen molar-refractivity contribution in [3.05, 3.63) is 81.3 Å². The SMILES string of the molecule is Cc1ccc(C2=C(OC(=O)OC3=C(c4ccc(C)cc4C)C(=O)CC(C)(C)C3)CC(C)(C)CC2=O)c(C)c1. The van der Waals surface area contributed by atoms with Crippen LogP contribution in [-0.2, 0) is 19.1 Å². The molecule has 0 heterocycles. The number of rotatable bonds is 4. The van der Waals surface area contributed by atoms with Crippen molar-refractivity contribution in [3.8, 4) is 0 Å². The number of hydrogen-bond acceptors (Lipinski definition) is 5. The second-order valence-electron chi connectivity index (χ2n) is 12.6. The number of hydrogen-bond donors (Lipinski definition) is 0. The maximum Gasteiger partial charge on any atom is 0.518 e. The Bertz CT molecular complexity index is 1290. The minimum absolute atomic E-state index is 0.0554. The van der Waals surface area contributed by atoms with Crippen molar-refractivity contribution in [1.29, 1.82) is 0 Å². The Morgan fingerprint density at radius 3 is 1.34 bits per heavy atom. The molecule has 0 saturated heterocycles. The Kier molecular flexibility index (Phi) is 7.26. The zero-order chi connectivity index (χ0) is 28.0. The predicted octanol–water partition coefficient (Wildman–Crippen LogP) is 7.97. The van der Waals surface area contributed by atoms with Gasteiger partial charge in [0, 0.05) is 25.7 Å². The first-order chi connectivity index (χ1) is 17.7. The quantitative estimate of drug-likeness (QED) is 0.387. The van der Waals surface area contributed by atoms with E-state index in [0.717, 1.165) is 33.4 Å². The highest BCUT2D eigenvalue weighted by atomic mass is 16.7. The average Bonchev–Trinajstić information content (AvgIpc) is 2.74. The molecule has 2 aliphatic carbocycles. The first kappa shape index (κ1) is 27.6. The maximum atomic E-state index is 13.3. The van der Waals surface area contributed by atoms with Gasteiger partial charge in [-0.3, -0.25) is 9.59 Å². The van der Waals surface area contributed by atoms with E-state index in [1.807, 2.05) is 91.8 Å². The molecular formula is C33H38O5. The van der Waals surface area contributed by atoms with Gasteiger partial charge < -0.3 is 9.47 Å². The van der Waals surface area contributed by atoms with Crippen LogP contribution in [-0.4, -0.2) is 17.7 Å². The van der Waals surface area contributed by atoms with Crippen molar-refractivity contribution in [2.24, 2.45) is 10.8 Å². The molecular weight excluding hydrogens is 476 g/mol. The Labute approximate surface area is 225 Å².